The van der Waals surface area contributed by atoms with Crippen LogP contribution in [0.1, 0.15) is 12.8 Å². The van der Waals surface area contributed by atoms with Crippen LogP contribution in [-0.2, 0) is 9.59 Å². The van der Waals surface area contributed by atoms with E-state index in [0.29, 0.717) is 36.8 Å². The van der Waals surface area contributed by atoms with E-state index in [9.17, 15) is 14.0 Å². The molecule has 0 spiro atoms. The molecule has 0 unspecified atom stereocenters. The molecule has 1 N–H and O–H groups in total. The Bertz CT molecular complexity index is 713. The number of anilines is 1. The maximum atomic E-state index is 12.8. The van der Waals surface area contributed by atoms with Gasteiger partial charge in [0.2, 0.25) is 5.91 Å². The Morgan fingerprint density at radius 2 is 2.00 bits per heavy atom. The highest BCUT2D eigenvalue weighted by molar-refractivity contribution is 7.13. The molecule has 0 aliphatic carbocycles. The van der Waals surface area contributed by atoms with Crippen molar-refractivity contribution in [2.24, 2.45) is 5.92 Å². The second kappa shape index (κ2) is 8.06. The van der Waals surface area contributed by atoms with E-state index in [2.05, 4.69) is 10.3 Å². The highest BCUT2D eigenvalue weighted by atomic mass is 32.1. The molecule has 132 valence electrons. The van der Waals surface area contributed by atoms with Crippen LogP contribution in [0.5, 0.6) is 5.75 Å². The van der Waals surface area contributed by atoms with Crippen molar-refractivity contribution in [1.29, 1.82) is 0 Å². The number of piperidine rings is 1. The second-order valence-corrected chi connectivity index (χ2v) is 6.62. The lowest BCUT2D eigenvalue weighted by molar-refractivity contribution is -0.136. The van der Waals surface area contributed by atoms with Gasteiger partial charge in [0, 0.05) is 30.6 Å². The van der Waals surface area contributed by atoms with Gasteiger partial charge in [-0.05, 0) is 37.1 Å². The predicted molar refractivity (Wildman–Crippen MR) is 91.9 cm³/mol. The molecule has 2 aromatic rings. The van der Waals surface area contributed by atoms with E-state index in [1.165, 1.54) is 35.6 Å². The molecule has 1 aliphatic rings. The van der Waals surface area contributed by atoms with Gasteiger partial charge in [-0.25, -0.2) is 9.37 Å². The smallest absolute Gasteiger partial charge is 0.260 e. The van der Waals surface area contributed by atoms with Crippen molar-refractivity contribution in [3.8, 4) is 5.75 Å². The number of thiazole rings is 1. The zero-order chi connectivity index (χ0) is 17.6. The fraction of sp³-hybridized carbons (Fsp3) is 0.353. The van der Waals surface area contributed by atoms with Crippen LogP contribution in [-0.4, -0.2) is 41.4 Å². The average molecular weight is 363 g/mol. The number of benzene rings is 1. The molecule has 1 aromatic heterocycles. The van der Waals surface area contributed by atoms with Gasteiger partial charge in [0.05, 0.1) is 0 Å². The molecule has 25 heavy (non-hydrogen) atoms. The molecular weight excluding hydrogens is 345 g/mol. The molecule has 0 bridgehead atoms. The number of amides is 2. The molecule has 0 atom stereocenters. The minimum atomic E-state index is -0.350. The molecule has 2 heterocycles. The number of rotatable bonds is 5. The fourth-order valence-corrected chi connectivity index (χ4v) is 3.18. The maximum Gasteiger partial charge on any atom is 0.260 e. The number of nitrogens with zero attached hydrogens (tertiary/aromatic N) is 2. The predicted octanol–water partition coefficient (Wildman–Crippen LogP) is 2.54. The first-order chi connectivity index (χ1) is 12.1. The summed E-state index contributed by atoms with van der Waals surface area (Å²) in [6, 6.07) is 5.54. The van der Waals surface area contributed by atoms with Gasteiger partial charge in [-0.2, -0.15) is 0 Å². The summed E-state index contributed by atoms with van der Waals surface area (Å²) < 4.78 is 18.2. The molecule has 1 saturated heterocycles. The van der Waals surface area contributed by atoms with Crippen molar-refractivity contribution in [1.82, 2.24) is 9.88 Å². The number of halogens is 1. The molecule has 1 aromatic carbocycles. The van der Waals surface area contributed by atoms with Gasteiger partial charge in [-0.3, -0.25) is 9.59 Å². The monoisotopic (exact) mass is 363 g/mol. The number of carbonyl (C=O) groups is 2. The highest BCUT2D eigenvalue weighted by Crippen LogP contribution is 2.20. The van der Waals surface area contributed by atoms with E-state index in [4.69, 9.17) is 4.74 Å². The number of aromatic nitrogens is 1. The van der Waals surface area contributed by atoms with Crippen molar-refractivity contribution >= 4 is 28.3 Å². The average Bonchev–Trinajstić information content (AvgIpc) is 3.14. The third kappa shape index (κ3) is 4.76. The van der Waals surface area contributed by atoms with Gasteiger partial charge in [-0.15, -0.1) is 11.3 Å². The Hall–Kier alpha value is -2.48. The highest BCUT2D eigenvalue weighted by Gasteiger charge is 2.27. The Kier molecular flexibility index (Phi) is 5.60. The standard InChI is InChI=1S/C17H18FN3O3S/c18-13-1-3-14(4-2-13)24-11-15(22)21-8-5-12(6-9-21)16(23)20-17-19-7-10-25-17/h1-4,7,10,12H,5-6,8-9,11H2,(H,19,20,23). The SMILES string of the molecule is O=C(Nc1nccs1)C1CCN(C(=O)COc2ccc(F)cc2)CC1. The number of likely N-dealkylation sites (tertiary alicyclic amines) is 1. The first kappa shape index (κ1) is 17.3. The quantitative estimate of drug-likeness (QED) is 0.886. The molecule has 8 heteroatoms. The molecule has 2 amide bonds. The largest absolute Gasteiger partial charge is 0.484 e. The van der Waals surface area contributed by atoms with E-state index >= 15 is 0 Å². The van der Waals surface area contributed by atoms with Gasteiger partial charge in [-0.1, -0.05) is 0 Å². The van der Waals surface area contributed by atoms with E-state index in [1.54, 1.807) is 16.5 Å². The van der Waals surface area contributed by atoms with Gasteiger partial charge in [0.1, 0.15) is 11.6 Å². The molecule has 0 radical (unpaired) electrons. The Morgan fingerprint density at radius 3 is 2.64 bits per heavy atom. The maximum absolute atomic E-state index is 12.8. The van der Waals surface area contributed by atoms with E-state index in [1.807, 2.05) is 0 Å². The van der Waals surface area contributed by atoms with Gasteiger partial charge in [0.15, 0.2) is 11.7 Å². The van der Waals surface area contributed by atoms with Crippen LogP contribution in [0.4, 0.5) is 9.52 Å². The summed E-state index contributed by atoms with van der Waals surface area (Å²) in [7, 11) is 0. The Morgan fingerprint density at radius 1 is 1.28 bits per heavy atom. The number of nitrogens with one attached hydrogen (secondary N) is 1. The normalized spacial score (nSPS) is 15.0. The lowest BCUT2D eigenvalue weighted by Gasteiger charge is -2.31. The van der Waals surface area contributed by atoms with E-state index in [-0.39, 0.29) is 30.2 Å². The lowest BCUT2D eigenvalue weighted by Crippen LogP contribution is -2.43. The minimum absolute atomic E-state index is 0.0513. The number of hydrogen-bond acceptors (Lipinski definition) is 5. The minimum Gasteiger partial charge on any atom is -0.484 e. The van der Waals surface area contributed by atoms with Crippen molar-refractivity contribution < 1.29 is 18.7 Å². The third-order valence-corrected chi connectivity index (χ3v) is 4.75. The molecule has 1 aliphatic heterocycles. The van der Waals surface area contributed by atoms with Crippen LogP contribution >= 0.6 is 11.3 Å². The topological polar surface area (TPSA) is 71.5 Å². The van der Waals surface area contributed by atoms with Crippen LogP contribution in [0.25, 0.3) is 0 Å². The van der Waals surface area contributed by atoms with E-state index in [0.717, 1.165) is 0 Å². The van der Waals surface area contributed by atoms with Crippen LogP contribution in [0.2, 0.25) is 0 Å². The van der Waals surface area contributed by atoms with Crippen molar-refractivity contribution in [3.05, 3.63) is 41.7 Å². The molecule has 3 rings (SSSR count). The fourth-order valence-electron chi connectivity index (χ4n) is 2.65. The zero-order valence-electron chi connectivity index (χ0n) is 13.5. The summed E-state index contributed by atoms with van der Waals surface area (Å²) in [5, 5.41) is 5.19. The summed E-state index contributed by atoms with van der Waals surface area (Å²) in [4.78, 5) is 30.1. The van der Waals surface area contributed by atoms with Crippen LogP contribution in [0.15, 0.2) is 35.8 Å². The van der Waals surface area contributed by atoms with Gasteiger partial charge >= 0.3 is 0 Å². The van der Waals surface area contributed by atoms with Gasteiger partial charge < -0.3 is 15.0 Å². The third-order valence-electron chi connectivity index (χ3n) is 4.06. The molecular formula is C17H18FN3O3S. The molecule has 1 fully saturated rings. The first-order valence-corrected chi connectivity index (χ1v) is 8.86. The number of hydrogen-bond donors (Lipinski definition) is 1. The molecule has 6 nitrogen and oxygen atoms in total. The second-order valence-electron chi connectivity index (χ2n) is 5.72. The lowest BCUT2D eigenvalue weighted by atomic mass is 9.96. The van der Waals surface area contributed by atoms with Crippen LogP contribution in [0, 0.1) is 11.7 Å². The number of carbonyl (C=O) groups excluding carboxylic acids is 2. The van der Waals surface area contributed by atoms with Crippen molar-refractivity contribution in [2.45, 2.75) is 12.8 Å². The summed E-state index contributed by atoms with van der Waals surface area (Å²) in [5.74, 6) is -0.206. The molecule has 0 saturated carbocycles. The van der Waals surface area contributed by atoms with Crippen molar-refractivity contribution in [3.63, 3.8) is 0 Å². The summed E-state index contributed by atoms with van der Waals surface area (Å²) in [6.45, 7) is 0.935. The van der Waals surface area contributed by atoms with Crippen LogP contribution < -0.4 is 10.1 Å². The summed E-state index contributed by atoms with van der Waals surface area (Å²) >= 11 is 1.38. The summed E-state index contributed by atoms with van der Waals surface area (Å²) in [6.07, 6.45) is 2.86. The number of ether oxygens (including phenoxy) is 1. The van der Waals surface area contributed by atoms with Gasteiger partial charge in [0.25, 0.3) is 5.91 Å². The zero-order valence-corrected chi connectivity index (χ0v) is 14.3. The van der Waals surface area contributed by atoms with E-state index < -0.39 is 0 Å². The Labute approximate surface area is 148 Å². The van der Waals surface area contributed by atoms with Crippen LogP contribution in [0.3, 0.4) is 0 Å². The summed E-state index contributed by atoms with van der Waals surface area (Å²) in [5.41, 5.74) is 0. The van der Waals surface area contributed by atoms with Crippen molar-refractivity contribution in [2.75, 3.05) is 25.0 Å². The first-order valence-electron chi connectivity index (χ1n) is 7.98. The Balaban J connectivity index is 1.42.